The number of likely N-dealkylation sites (N-methyl/N-ethyl adjacent to an activating group) is 1. The van der Waals surface area contributed by atoms with Gasteiger partial charge in [-0.15, -0.1) is 0 Å². The second-order valence-corrected chi connectivity index (χ2v) is 9.10. The predicted octanol–water partition coefficient (Wildman–Crippen LogP) is 3.34. The van der Waals surface area contributed by atoms with Crippen molar-refractivity contribution < 1.29 is 23.9 Å². The van der Waals surface area contributed by atoms with Gasteiger partial charge in [-0.3, -0.25) is 4.79 Å². The maximum atomic E-state index is 11.6. The molecule has 2 aromatic rings. The van der Waals surface area contributed by atoms with E-state index < -0.39 is 6.10 Å². The summed E-state index contributed by atoms with van der Waals surface area (Å²) >= 11 is 0. The lowest BCUT2D eigenvalue weighted by Crippen LogP contribution is -2.54. The molecule has 31 heavy (non-hydrogen) atoms. The van der Waals surface area contributed by atoms with Crippen LogP contribution in [0.5, 0.6) is 11.5 Å². The van der Waals surface area contributed by atoms with Crippen molar-refractivity contribution in [2.24, 2.45) is 0 Å². The Bertz CT molecular complexity index is 921. The number of piperidine rings is 1. The molecular formula is C25H33N2O4+. The number of nitrogens with zero attached hydrogens (tertiary/aromatic N) is 1. The zero-order valence-electron chi connectivity index (χ0n) is 18.5. The molecule has 0 aliphatic carbocycles. The predicted molar refractivity (Wildman–Crippen MR) is 121 cm³/mol. The van der Waals surface area contributed by atoms with E-state index >= 15 is 0 Å². The summed E-state index contributed by atoms with van der Waals surface area (Å²) in [5.74, 6) is 2.19. The molecule has 1 unspecified atom stereocenters. The molecule has 2 aliphatic heterocycles. The Hall–Kier alpha value is -2.57. The molecule has 0 spiro atoms. The molecule has 0 bridgehead atoms. The molecule has 6 heteroatoms. The molecule has 4 rings (SSSR count). The number of rotatable bonds is 7. The number of aliphatic hydroxyl groups excluding tert-OH is 1. The van der Waals surface area contributed by atoms with E-state index in [0.717, 1.165) is 53.8 Å². The first-order valence-electron chi connectivity index (χ1n) is 11.2. The Balaban J connectivity index is 1.29. The third kappa shape index (κ3) is 5.20. The fraction of sp³-hybridized carbons (Fsp3) is 0.480. The van der Waals surface area contributed by atoms with Gasteiger partial charge in [-0.2, -0.15) is 0 Å². The highest BCUT2D eigenvalue weighted by Crippen LogP contribution is 2.35. The number of likely N-dealkylation sites (tertiary alicyclic amines) is 1. The van der Waals surface area contributed by atoms with Gasteiger partial charge >= 0.3 is 0 Å². The fourth-order valence-corrected chi connectivity index (χ4v) is 4.88. The van der Waals surface area contributed by atoms with E-state index in [1.807, 2.05) is 30.3 Å². The van der Waals surface area contributed by atoms with Crippen molar-refractivity contribution in [1.29, 1.82) is 0 Å². The molecule has 1 amide bonds. The lowest BCUT2D eigenvalue weighted by Gasteiger charge is -2.42. The van der Waals surface area contributed by atoms with Gasteiger partial charge in [0.1, 0.15) is 30.8 Å². The zero-order chi connectivity index (χ0) is 21.8. The Morgan fingerprint density at radius 1 is 1.16 bits per heavy atom. The van der Waals surface area contributed by atoms with Gasteiger partial charge in [-0.1, -0.05) is 24.3 Å². The standard InChI is InChI=1S/C25H32N2O4/c1-27(13-11-18(12-14-27)22-5-3-4-6-24(22)30-2)16-20(28)17-31-21-9-7-19-8-10-25(29)26-23(19)15-21/h3-7,9,15,18,20,28H,8,10-14,16-17H2,1-2H3/p+1. The number of amides is 1. The van der Waals surface area contributed by atoms with Crippen LogP contribution in [0.4, 0.5) is 5.69 Å². The summed E-state index contributed by atoms with van der Waals surface area (Å²) in [5, 5.41) is 13.5. The Morgan fingerprint density at radius 2 is 1.94 bits per heavy atom. The molecule has 0 aromatic heterocycles. The lowest BCUT2D eigenvalue weighted by atomic mass is 9.87. The maximum absolute atomic E-state index is 11.6. The van der Waals surface area contributed by atoms with Crippen LogP contribution < -0.4 is 14.8 Å². The number of hydrogen-bond donors (Lipinski definition) is 2. The molecule has 2 aliphatic rings. The van der Waals surface area contributed by atoms with Crippen LogP contribution in [0.2, 0.25) is 0 Å². The molecule has 6 nitrogen and oxygen atoms in total. The van der Waals surface area contributed by atoms with Gasteiger partial charge in [0.15, 0.2) is 0 Å². The minimum absolute atomic E-state index is 0.0404. The Labute approximate surface area is 184 Å². The van der Waals surface area contributed by atoms with E-state index in [9.17, 15) is 9.90 Å². The van der Waals surface area contributed by atoms with Crippen LogP contribution in [0.1, 0.15) is 36.3 Å². The van der Waals surface area contributed by atoms with Crippen molar-refractivity contribution in [2.45, 2.75) is 37.7 Å². The number of carbonyl (C=O) groups excluding carboxylic acids is 1. The quantitative estimate of drug-likeness (QED) is 0.668. The second-order valence-electron chi connectivity index (χ2n) is 9.10. The van der Waals surface area contributed by atoms with Gasteiger partial charge in [-0.05, 0) is 35.6 Å². The number of para-hydroxylation sites is 1. The van der Waals surface area contributed by atoms with E-state index in [0.29, 0.717) is 24.6 Å². The monoisotopic (exact) mass is 425 g/mol. The van der Waals surface area contributed by atoms with Gasteiger partial charge in [-0.25, -0.2) is 0 Å². The summed E-state index contributed by atoms with van der Waals surface area (Å²) in [7, 11) is 3.95. The van der Waals surface area contributed by atoms with Gasteiger partial charge in [0.25, 0.3) is 0 Å². The number of fused-ring (bicyclic) bond motifs is 1. The first kappa shape index (κ1) is 21.7. The van der Waals surface area contributed by atoms with Gasteiger partial charge in [0.2, 0.25) is 5.91 Å². The van der Waals surface area contributed by atoms with Crippen molar-refractivity contribution in [3.8, 4) is 11.5 Å². The van der Waals surface area contributed by atoms with Gasteiger partial charge in [0, 0.05) is 31.0 Å². The van der Waals surface area contributed by atoms with E-state index in [-0.39, 0.29) is 12.5 Å². The van der Waals surface area contributed by atoms with E-state index in [2.05, 4.69) is 24.5 Å². The highest BCUT2D eigenvalue weighted by Gasteiger charge is 2.33. The summed E-state index contributed by atoms with van der Waals surface area (Å²) in [4.78, 5) is 11.6. The SMILES string of the molecule is COc1ccccc1C1CC[N+](C)(CC(O)COc2ccc3c(c2)NC(=O)CC3)CC1. The number of hydrogen-bond acceptors (Lipinski definition) is 4. The number of quaternary nitrogens is 1. The van der Waals surface area contributed by atoms with Crippen LogP contribution in [0, 0.1) is 0 Å². The van der Waals surface area contributed by atoms with Crippen LogP contribution in [-0.4, -0.2) is 62.0 Å². The van der Waals surface area contributed by atoms with Gasteiger partial charge in [0.05, 0.1) is 27.2 Å². The van der Waals surface area contributed by atoms with Crippen LogP contribution in [-0.2, 0) is 11.2 Å². The van der Waals surface area contributed by atoms with Crippen molar-refractivity contribution in [1.82, 2.24) is 0 Å². The third-order valence-corrected chi connectivity index (χ3v) is 6.68. The zero-order valence-corrected chi connectivity index (χ0v) is 18.5. The molecule has 1 saturated heterocycles. The second kappa shape index (κ2) is 9.28. The number of ether oxygens (including phenoxy) is 2. The van der Waals surface area contributed by atoms with Crippen LogP contribution >= 0.6 is 0 Å². The highest BCUT2D eigenvalue weighted by molar-refractivity contribution is 5.94. The number of methoxy groups -OCH3 is 1. The first-order chi connectivity index (χ1) is 15.0. The van der Waals surface area contributed by atoms with Crippen molar-refractivity contribution in [3.05, 3.63) is 53.6 Å². The van der Waals surface area contributed by atoms with Crippen LogP contribution in [0.3, 0.4) is 0 Å². The van der Waals surface area contributed by atoms with Crippen molar-refractivity contribution in [2.75, 3.05) is 45.7 Å². The number of benzene rings is 2. The van der Waals surface area contributed by atoms with Crippen LogP contribution in [0.25, 0.3) is 0 Å². The van der Waals surface area contributed by atoms with Crippen molar-refractivity contribution in [3.63, 3.8) is 0 Å². The van der Waals surface area contributed by atoms with E-state index in [1.165, 1.54) is 5.56 Å². The molecule has 2 heterocycles. The number of nitrogens with one attached hydrogen (secondary N) is 1. The largest absolute Gasteiger partial charge is 0.496 e. The summed E-state index contributed by atoms with van der Waals surface area (Å²) in [6.45, 7) is 2.95. The molecule has 2 aromatic carbocycles. The van der Waals surface area contributed by atoms with Crippen LogP contribution in [0.15, 0.2) is 42.5 Å². The third-order valence-electron chi connectivity index (χ3n) is 6.68. The summed E-state index contributed by atoms with van der Waals surface area (Å²) < 4.78 is 12.2. The summed E-state index contributed by atoms with van der Waals surface area (Å²) in [5.41, 5.74) is 3.24. The smallest absolute Gasteiger partial charge is 0.224 e. The first-order valence-corrected chi connectivity index (χ1v) is 11.2. The number of aryl methyl sites for hydroxylation is 1. The summed E-state index contributed by atoms with van der Waals surface area (Å²) in [6.07, 6.45) is 2.90. The molecule has 0 saturated carbocycles. The minimum Gasteiger partial charge on any atom is -0.496 e. The molecule has 1 atom stereocenters. The maximum Gasteiger partial charge on any atom is 0.224 e. The molecule has 2 N–H and O–H groups in total. The summed E-state index contributed by atoms with van der Waals surface area (Å²) in [6, 6.07) is 14.1. The molecule has 166 valence electrons. The number of aliphatic hydroxyl groups is 1. The Morgan fingerprint density at radius 3 is 2.71 bits per heavy atom. The van der Waals surface area contributed by atoms with Gasteiger partial charge < -0.3 is 24.4 Å². The minimum atomic E-state index is -0.543. The molecule has 1 fully saturated rings. The topological polar surface area (TPSA) is 67.8 Å². The van der Waals surface area contributed by atoms with E-state index in [4.69, 9.17) is 9.47 Å². The number of anilines is 1. The van der Waals surface area contributed by atoms with E-state index in [1.54, 1.807) is 7.11 Å². The molecule has 0 radical (unpaired) electrons. The average Bonchev–Trinajstić information content (AvgIpc) is 2.77. The Kier molecular flexibility index (Phi) is 6.49. The highest BCUT2D eigenvalue weighted by atomic mass is 16.5. The number of carbonyl (C=O) groups is 1. The lowest BCUT2D eigenvalue weighted by molar-refractivity contribution is -0.917. The molecular weight excluding hydrogens is 392 g/mol. The normalized spacial score (nSPS) is 24.1. The van der Waals surface area contributed by atoms with Crippen molar-refractivity contribution >= 4 is 11.6 Å². The fourth-order valence-electron chi connectivity index (χ4n) is 4.88. The average molecular weight is 426 g/mol.